The van der Waals surface area contributed by atoms with Crippen molar-refractivity contribution >= 4 is 15.9 Å². The molecular weight excluding hydrogens is 287 g/mol. The fourth-order valence-electron chi connectivity index (χ4n) is 2.43. The number of halogens is 2. The molecule has 1 aromatic carbocycles. The van der Waals surface area contributed by atoms with Gasteiger partial charge in [0, 0.05) is 12.5 Å². The molecule has 0 bridgehead atoms. The van der Waals surface area contributed by atoms with E-state index in [0.29, 0.717) is 4.47 Å². The zero-order valence-corrected chi connectivity index (χ0v) is 11.8. The predicted molar refractivity (Wildman–Crippen MR) is 68.0 cm³/mol. The largest absolute Gasteiger partial charge is 0.492 e. The molecular formula is C13H16BrFO2. The maximum absolute atomic E-state index is 13.8. The summed E-state index contributed by atoms with van der Waals surface area (Å²) in [5.74, 6) is 0.143. The number of hydrogen-bond acceptors (Lipinski definition) is 2. The summed E-state index contributed by atoms with van der Waals surface area (Å²) in [7, 11) is 1.46. The Hall–Kier alpha value is -0.610. The van der Waals surface area contributed by atoms with Crippen LogP contribution in [-0.2, 0) is 4.74 Å². The highest BCUT2D eigenvalue weighted by atomic mass is 79.9. The van der Waals surface area contributed by atoms with Crippen LogP contribution in [0.5, 0.6) is 5.75 Å². The van der Waals surface area contributed by atoms with Crippen molar-refractivity contribution in [3.05, 3.63) is 28.0 Å². The van der Waals surface area contributed by atoms with Crippen LogP contribution >= 0.6 is 15.9 Å². The first-order chi connectivity index (χ1) is 7.95. The van der Waals surface area contributed by atoms with E-state index in [9.17, 15) is 4.39 Å². The minimum absolute atomic E-state index is 0.221. The molecule has 1 aliphatic heterocycles. The summed E-state index contributed by atoms with van der Waals surface area (Å²) in [6, 6.07) is 3.47. The van der Waals surface area contributed by atoms with Crippen molar-refractivity contribution < 1.29 is 13.9 Å². The van der Waals surface area contributed by atoms with Crippen LogP contribution in [0.25, 0.3) is 0 Å². The van der Waals surface area contributed by atoms with Gasteiger partial charge in [-0.3, -0.25) is 0 Å². The second kappa shape index (κ2) is 4.58. The number of methoxy groups -OCH3 is 1. The number of rotatable bonds is 2. The summed E-state index contributed by atoms with van der Waals surface area (Å²) in [6.07, 6.45) is 0.922. The third kappa shape index (κ3) is 2.33. The fraction of sp³-hybridized carbons (Fsp3) is 0.538. The van der Waals surface area contributed by atoms with Gasteiger partial charge >= 0.3 is 0 Å². The van der Waals surface area contributed by atoms with Gasteiger partial charge in [-0.05, 0) is 53.9 Å². The molecule has 17 heavy (non-hydrogen) atoms. The van der Waals surface area contributed by atoms with Crippen LogP contribution in [0, 0.1) is 5.82 Å². The second-order valence-electron chi connectivity index (χ2n) is 4.81. The van der Waals surface area contributed by atoms with Crippen molar-refractivity contribution in [1.82, 2.24) is 0 Å². The van der Waals surface area contributed by atoms with E-state index >= 15 is 0 Å². The maximum atomic E-state index is 13.8. The van der Waals surface area contributed by atoms with Crippen LogP contribution in [0.1, 0.15) is 31.7 Å². The molecule has 4 heteroatoms. The summed E-state index contributed by atoms with van der Waals surface area (Å²) < 4.78 is 25.1. The molecule has 94 valence electrons. The zero-order chi connectivity index (χ0) is 12.6. The average molecular weight is 303 g/mol. The Kier molecular flexibility index (Phi) is 3.46. The van der Waals surface area contributed by atoms with Crippen molar-refractivity contribution in [2.24, 2.45) is 0 Å². The highest BCUT2D eigenvalue weighted by molar-refractivity contribution is 9.10. The first-order valence-electron chi connectivity index (χ1n) is 5.62. The molecule has 1 atom stereocenters. The van der Waals surface area contributed by atoms with E-state index in [1.165, 1.54) is 7.11 Å². The quantitative estimate of drug-likeness (QED) is 0.825. The lowest BCUT2D eigenvalue weighted by molar-refractivity contribution is 0.0270. The Balaban J connectivity index is 2.41. The lowest BCUT2D eigenvalue weighted by atomic mass is 9.84. The number of hydrogen-bond donors (Lipinski definition) is 0. The van der Waals surface area contributed by atoms with E-state index < -0.39 is 0 Å². The van der Waals surface area contributed by atoms with Crippen LogP contribution in [0.3, 0.4) is 0 Å². The van der Waals surface area contributed by atoms with Crippen LogP contribution in [0.2, 0.25) is 0 Å². The molecule has 1 unspecified atom stereocenters. The second-order valence-corrected chi connectivity index (χ2v) is 5.67. The summed E-state index contributed by atoms with van der Waals surface area (Å²) in [5.41, 5.74) is 0.721. The van der Waals surface area contributed by atoms with Gasteiger partial charge in [0.25, 0.3) is 0 Å². The van der Waals surface area contributed by atoms with Crippen molar-refractivity contribution in [1.29, 1.82) is 0 Å². The average Bonchev–Trinajstić information content (AvgIpc) is 2.57. The van der Waals surface area contributed by atoms with Gasteiger partial charge in [0.2, 0.25) is 0 Å². The van der Waals surface area contributed by atoms with Gasteiger partial charge in [0.15, 0.2) is 11.6 Å². The monoisotopic (exact) mass is 302 g/mol. The molecule has 0 radical (unpaired) electrons. The fourth-order valence-corrected chi connectivity index (χ4v) is 3.05. The van der Waals surface area contributed by atoms with E-state index in [1.54, 1.807) is 6.07 Å². The van der Waals surface area contributed by atoms with Crippen molar-refractivity contribution in [3.8, 4) is 5.75 Å². The van der Waals surface area contributed by atoms with Crippen molar-refractivity contribution in [3.63, 3.8) is 0 Å². The predicted octanol–water partition coefficient (Wildman–Crippen LogP) is 3.88. The number of benzene rings is 1. The summed E-state index contributed by atoms with van der Waals surface area (Å²) >= 11 is 3.34. The van der Waals surface area contributed by atoms with Gasteiger partial charge in [-0.15, -0.1) is 0 Å². The molecule has 0 N–H and O–H groups in total. The minimum atomic E-state index is -0.334. The van der Waals surface area contributed by atoms with E-state index in [1.807, 2.05) is 19.9 Å². The Morgan fingerprint density at radius 3 is 2.65 bits per heavy atom. The third-order valence-corrected chi connectivity index (χ3v) is 3.94. The first-order valence-corrected chi connectivity index (χ1v) is 6.42. The van der Waals surface area contributed by atoms with Gasteiger partial charge in [-0.1, -0.05) is 0 Å². The summed E-state index contributed by atoms with van der Waals surface area (Å²) in [4.78, 5) is 0. The van der Waals surface area contributed by atoms with E-state index in [-0.39, 0.29) is 23.1 Å². The maximum Gasteiger partial charge on any atom is 0.168 e. The van der Waals surface area contributed by atoms with Gasteiger partial charge in [-0.25, -0.2) is 4.39 Å². The smallest absolute Gasteiger partial charge is 0.168 e. The SMILES string of the molecule is COc1c(F)cc(C2CCOC2(C)C)cc1Br. The molecule has 0 aromatic heterocycles. The van der Waals surface area contributed by atoms with Crippen LogP contribution in [-0.4, -0.2) is 19.3 Å². The van der Waals surface area contributed by atoms with E-state index in [2.05, 4.69) is 15.9 Å². The Labute approximate surface area is 109 Å². The molecule has 1 aromatic rings. The lowest BCUT2D eigenvalue weighted by Crippen LogP contribution is -2.25. The topological polar surface area (TPSA) is 18.5 Å². The van der Waals surface area contributed by atoms with Gasteiger partial charge in [-0.2, -0.15) is 0 Å². The first kappa shape index (κ1) is 12.8. The molecule has 2 rings (SSSR count). The molecule has 0 aliphatic carbocycles. The zero-order valence-electron chi connectivity index (χ0n) is 10.2. The summed E-state index contributed by atoms with van der Waals surface area (Å²) in [6.45, 7) is 4.81. The van der Waals surface area contributed by atoms with Gasteiger partial charge < -0.3 is 9.47 Å². The van der Waals surface area contributed by atoms with Crippen molar-refractivity contribution in [2.45, 2.75) is 31.8 Å². The van der Waals surface area contributed by atoms with Crippen molar-refractivity contribution in [2.75, 3.05) is 13.7 Å². The molecule has 1 aliphatic rings. The normalized spacial score (nSPS) is 22.8. The van der Waals surface area contributed by atoms with E-state index in [4.69, 9.17) is 9.47 Å². The molecule has 1 fully saturated rings. The highest BCUT2D eigenvalue weighted by Gasteiger charge is 2.37. The molecule has 0 amide bonds. The highest BCUT2D eigenvalue weighted by Crippen LogP contribution is 2.42. The third-order valence-electron chi connectivity index (χ3n) is 3.35. The standard InChI is InChI=1S/C13H16BrFO2/c1-13(2)9(4-5-17-13)8-6-10(14)12(16-3)11(15)7-8/h6-7,9H,4-5H2,1-3H3. The molecule has 1 heterocycles. The summed E-state index contributed by atoms with van der Waals surface area (Å²) in [5, 5.41) is 0. The Morgan fingerprint density at radius 1 is 1.47 bits per heavy atom. The van der Waals surface area contributed by atoms with Gasteiger partial charge in [0.05, 0.1) is 17.2 Å². The van der Waals surface area contributed by atoms with E-state index in [0.717, 1.165) is 18.6 Å². The Morgan fingerprint density at radius 2 is 2.18 bits per heavy atom. The Bertz CT molecular complexity index is 408. The lowest BCUT2D eigenvalue weighted by Gasteiger charge is -2.26. The van der Waals surface area contributed by atoms with Crippen LogP contribution < -0.4 is 4.74 Å². The number of ether oxygens (including phenoxy) is 2. The molecule has 1 saturated heterocycles. The van der Waals surface area contributed by atoms with Gasteiger partial charge in [0.1, 0.15) is 0 Å². The molecule has 0 saturated carbocycles. The molecule has 0 spiro atoms. The minimum Gasteiger partial charge on any atom is -0.492 e. The van der Waals surface area contributed by atoms with Crippen LogP contribution in [0.4, 0.5) is 4.39 Å². The molecule has 2 nitrogen and oxygen atoms in total. The van der Waals surface area contributed by atoms with Crippen LogP contribution in [0.15, 0.2) is 16.6 Å².